The van der Waals surface area contributed by atoms with E-state index < -0.39 is 6.04 Å². The van der Waals surface area contributed by atoms with Gasteiger partial charge in [0.25, 0.3) is 0 Å². The first-order valence-corrected chi connectivity index (χ1v) is 6.88. The van der Waals surface area contributed by atoms with Gasteiger partial charge in [0, 0.05) is 13.7 Å². The molecule has 0 saturated carbocycles. The maximum atomic E-state index is 12.1. The Hall–Kier alpha value is -1.39. The van der Waals surface area contributed by atoms with Crippen LogP contribution in [0.4, 0.5) is 0 Å². The number of rotatable bonds is 5. The Kier molecular flexibility index (Phi) is 5.72. The number of aryl methyl sites for hydroxylation is 1. The van der Waals surface area contributed by atoms with E-state index in [1.165, 1.54) is 0 Å². The summed E-state index contributed by atoms with van der Waals surface area (Å²) < 4.78 is 5.41. The maximum Gasteiger partial charge on any atom is 0.241 e. The zero-order valence-corrected chi connectivity index (χ0v) is 13.1. The highest BCUT2D eigenvalue weighted by atomic mass is 16.5. The van der Waals surface area contributed by atoms with Gasteiger partial charge in [-0.15, -0.1) is 0 Å². The maximum absolute atomic E-state index is 12.1. The molecule has 1 amide bonds. The molecule has 0 aromatic heterocycles. The van der Waals surface area contributed by atoms with Crippen LogP contribution in [0.5, 0.6) is 0 Å². The predicted molar refractivity (Wildman–Crippen MR) is 81.4 cm³/mol. The van der Waals surface area contributed by atoms with E-state index in [4.69, 9.17) is 10.5 Å². The summed E-state index contributed by atoms with van der Waals surface area (Å²) in [6.07, 6.45) is -0.0448. The average molecular weight is 278 g/mol. The molecular weight excluding hydrogens is 252 g/mol. The van der Waals surface area contributed by atoms with E-state index in [1.807, 2.05) is 31.2 Å². The van der Waals surface area contributed by atoms with Gasteiger partial charge in [-0.25, -0.2) is 0 Å². The minimum Gasteiger partial charge on any atom is -0.379 e. The summed E-state index contributed by atoms with van der Waals surface area (Å²) in [6.45, 7) is 8.69. The molecule has 1 aromatic carbocycles. The van der Waals surface area contributed by atoms with E-state index in [-0.39, 0.29) is 17.4 Å². The Morgan fingerprint density at radius 2 is 1.85 bits per heavy atom. The molecule has 0 bridgehead atoms. The second-order valence-corrected chi connectivity index (χ2v) is 6.22. The summed E-state index contributed by atoms with van der Waals surface area (Å²) in [6, 6.07) is 7.03. The van der Waals surface area contributed by atoms with Crippen molar-refractivity contribution in [3.05, 3.63) is 35.4 Å². The molecule has 2 atom stereocenters. The van der Waals surface area contributed by atoms with Crippen LogP contribution in [-0.2, 0) is 9.53 Å². The lowest BCUT2D eigenvalue weighted by Gasteiger charge is -2.29. The number of carbonyl (C=O) groups excluding carboxylic acids is 1. The number of carbonyl (C=O) groups is 1. The van der Waals surface area contributed by atoms with Crippen molar-refractivity contribution in [1.82, 2.24) is 5.32 Å². The topological polar surface area (TPSA) is 64.3 Å². The number of ether oxygens (including phenoxy) is 1. The van der Waals surface area contributed by atoms with E-state index in [0.717, 1.165) is 11.1 Å². The number of hydrogen-bond acceptors (Lipinski definition) is 3. The van der Waals surface area contributed by atoms with Crippen molar-refractivity contribution in [3.63, 3.8) is 0 Å². The normalized spacial score (nSPS) is 14.7. The smallest absolute Gasteiger partial charge is 0.241 e. The summed E-state index contributed by atoms with van der Waals surface area (Å²) in [5.41, 5.74) is 7.90. The van der Waals surface area contributed by atoms with Crippen LogP contribution in [0.3, 0.4) is 0 Å². The minimum absolute atomic E-state index is 0.0318. The number of nitrogens with one attached hydrogen (secondary N) is 1. The SMILES string of the molecule is COC(CNC(=O)C(N)c1ccc(C)cc1)C(C)(C)C. The molecule has 0 radical (unpaired) electrons. The minimum atomic E-state index is -0.645. The molecule has 0 spiro atoms. The van der Waals surface area contributed by atoms with E-state index in [1.54, 1.807) is 7.11 Å². The second kappa shape index (κ2) is 6.86. The lowest BCUT2D eigenvalue weighted by atomic mass is 9.89. The molecule has 112 valence electrons. The summed E-state index contributed by atoms with van der Waals surface area (Å²) >= 11 is 0. The molecule has 0 heterocycles. The van der Waals surface area contributed by atoms with E-state index in [2.05, 4.69) is 26.1 Å². The van der Waals surface area contributed by atoms with Gasteiger partial charge in [-0.3, -0.25) is 4.79 Å². The number of benzene rings is 1. The molecule has 20 heavy (non-hydrogen) atoms. The summed E-state index contributed by atoms with van der Waals surface area (Å²) in [4.78, 5) is 12.1. The Bertz CT molecular complexity index is 435. The van der Waals surface area contributed by atoms with Crippen LogP contribution in [0, 0.1) is 12.3 Å². The van der Waals surface area contributed by atoms with Crippen LogP contribution >= 0.6 is 0 Å². The highest BCUT2D eigenvalue weighted by Crippen LogP contribution is 2.21. The average Bonchev–Trinajstić information content (AvgIpc) is 2.37. The highest BCUT2D eigenvalue weighted by Gasteiger charge is 2.25. The van der Waals surface area contributed by atoms with Crippen molar-refractivity contribution in [2.24, 2.45) is 11.1 Å². The fourth-order valence-corrected chi connectivity index (χ4v) is 1.97. The van der Waals surface area contributed by atoms with Crippen LogP contribution in [0.1, 0.15) is 37.9 Å². The fourth-order valence-electron chi connectivity index (χ4n) is 1.97. The van der Waals surface area contributed by atoms with Crippen LogP contribution in [0.25, 0.3) is 0 Å². The molecule has 4 nitrogen and oxygen atoms in total. The Morgan fingerprint density at radius 1 is 1.30 bits per heavy atom. The fraction of sp³-hybridized carbons (Fsp3) is 0.562. The van der Waals surface area contributed by atoms with Gasteiger partial charge in [0.15, 0.2) is 0 Å². The zero-order valence-electron chi connectivity index (χ0n) is 13.1. The molecule has 1 rings (SSSR count). The van der Waals surface area contributed by atoms with Gasteiger partial charge >= 0.3 is 0 Å². The molecule has 0 aliphatic heterocycles. The molecule has 0 aliphatic rings. The van der Waals surface area contributed by atoms with Crippen molar-refractivity contribution in [1.29, 1.82) is 0 Å². The predicted octanol–water partition coefficient (Wildman–Crippen LogP) is 2.17. The van der Waals surface area contributed by atoms with Gasteiger partial charge in [-0.05, 0) is 17.9 Å². The Balaban J connectivity index is 2.60. The quantitative estimate of drug-likeness (QED) is 0.867. The summed E-state index contributed by atoms with van der Waals surface area (Å²) in [5, 5.41) is 2.86. The Morgan fingerprint density at radius 3 is 2.30 bits per heavy atom. The number of nitrogens with two attached hydrogens (primary N) is 1. The van der Waals surface area contributed by atoms with Crippen molar-refractivity contribution in [2.45, 2.75) is 39.8 Å². The lowest BCUT2D eigenvalue weighted by molar-refractivity contribution is -0.123. The first-order valence-electron chi connectivity index (χ1n) is 6.88. The van der Waals surface area contributed by atoms with Gasteiger partial charge in [0.2, 0.25) is 5.91 Å². The van der Waals surface area contributed by atoms with Crippen molar-refractivity contribution in [3.8, 4) is 0 Å². The molecule has 4 heteroatoms. The molecule has 0 saturated heterocycles. The van der Waals surface area contributed by atoms with Crippen LogP contribution < -0.4 is 11.1 Å². The van der Waals surface area contributed by atoms with Gasteiger partial charge in [0.1, 0.15) is 6.04 Å². The van der Waals surface area contributed by atoms with Gasteiger partial charge in [0.05, 0.1) is 6.10 Å². The first kappa shape index (κ1) is 16.7. The van der Waals surface area contributed by atoms with E-state index in [9.17, 15) is 4.79 Å². The molecule has 1 aromatic rings. The van der Waals surface area contributed by atoms with Gasteiger partial charge < -0.3 is 15.8 Å². The van der Waals surface area contributed by atoms with Crippen LogP contribution in [-0.4, -0.2) is 25.7 Å². The molecular formula is C16H26N2O2. The molecule has 3 N–H and O–H groups in total. The van der Waals surface area contributed by atoms with Crippen LogP contribution in [0.2, 0.25) is 0 Å². The molecule has 0 fully saturated rings. The molecule has 0 aliphatic carbocycles. The third kappa shape index (κ3) is 4.62. The van der Waals surface area contributed by atoms with Crippen molar-refractivity contribution >= 4 is 5.91 Å². The van der Waals surface area contributed by atoms with Gasteiger partial charge in [-0.1, -0.05) is 50.6 Å². The van der Waals surface area contributed by atoms with E-state index in [0.29, 0.717) is 6.54 Å². The summed E-state index contributed by atoms with van der Waals surface area (Å²) in [7, 11) is 1.65. The van der Waals surface area contributed by atoms with Gasteiger partial charge in [-0.2, -0.15) is 0 Å². The van der Waals surface area contributed by atoms with Crippen molar-refractivity contribution < 1.29 is 9.53 Å². The highest BCUT2D eigenvalue weighted by molar-refractivity contribution is 5.82. The summed E-state index contributed by atoms with van der Waals surface area (Å²) in [5.74, 6) is -0.180. The number of hydrogen-bond donors (Lipinski definition) is 2. The largest absolute Gasteiger partial charge is 0.379 e. The second-order valence-electron chi connectivity index (χ2n) is 6.22. The molecule has 2 unspecified atom stereocenters. The van der Waals surface area contributed by atoms with E-state index >= 15 is 0 Å². The Labute approximate surface area is 121 Å². The third-order valence-electron chi connectivity index (χ3n) is 3.43. The number of methoxy groups -OCH3 is 1. The third-order valence-corrected chi connectivity index (χ3v) is 3.43. The standard InChI is InChI=1S/C16H26N2O2/c1-11-6-8-12(9-7-11)14(17)15(19)18-10-13(20-5)16(2,3)4/h6-9,13-14H,10,17H2,1-5H3,(H,18,19). The van der Waals surface area contributed by atoms with Crippen LogP contribution in [0.15, 0.2) is 24.3 Å². The van der Waals surface area contributed by atoms with Crippen molar-refractivity contribution in [2.75, 3.05) is 13.7 Å². The first-order chi connectivity index (χ1) is 9.25. The monoisotopic (exact) mass is 278 g/mol. The lowest BCUT2D eigenvalue weighted by Crippen LogP contribution is -2.43. The zero-order chi connectivity index (χ0) is 15.3. The number of amides is 1.